The van der Waals surface area contributed by atoms with E-state index in [1.165, 1.54) is 77.5 Å². The molecule has 0 N–H and O–H groups in total. The maximum Gasteiger partial charge on any atom is 0.0465 e. The number of nitrogens with zero attached hydrogens (tertiary/aromatic N) is 1. The Labute approximate surface area is 329 Å². The van der Waals surface area contributed by atoms with E-state index in [0.29, 0.717) is 0 Å². The van der Waals surface area contributed by atoms with E-state index in [1.54, 1.807) is 0 Å². The van der Waals surface area contributed by atoms with Crippen LogP contribution in [-0.2, 0) is 5.41 Å². The van der Waals surface area contributed by atoms with Gasteiger partial charge in [0.15, 0.2) is 0 Å². The number of hydrogen-bond acceptors (Lipinski definition) is 1. The van der Waals surface area contributed by atoms with E-state index < -0.39 is 0 Å². The molecule has 0 aliphatic heterocycles. The van der Waals surface area contributed by atoms with Crippen molar-refractivity contribution in [1.29, 1.82) is 0 Å². The molecular formula is C55H41N. The van der Waals surface area contributed by atoms with Gasteiger partial charge in [0.2, 0.25) is 0 Å². The van der Waals surface area contributed by atoms with Crippen molar-refractivity contribution in [2.24, 2.45) is 0 Å². The van der Waals surface area contributed by atoms with Crippen molar-refractivity contribution in [3.8, 4) is 55.6 Å². The number of hydrogen-bond donors (Lipinski definition) is 0. The van der Waals surface area contributed by atoms with Crippen LogP contribution in [0.1, 0.15) is 25.0 Å². The number of fused-ring (bicyclic) bond motifs is 4. The van der Waals surface area contributed by atoms with E-state index in [2.05, 4.69) is 231 Å². The number of benzene rings is 9. The fourth-order valence-electron chi connectivity index (χ4n) is 8.58. The van der Waals surface area contributed by atoms with Gasteiger partial charge in [-0.25, -0.2) is 0 Å². The summed E-state index contributed by atoms with van der Waals surface area (Å²) in [6.45, 7) is 4.75. The van der Waals surface area contributed by atoms with E-state index in [0.717, 1.165) is 17.1 Å². The first-order chi connectivity index (χ1) is 27.5. The van der Waals surface area contributed by atoms with Crippen LogP contribution in [0, 0.1) is 0 Å². The second kappa shape index (κ2) is 13.7. The molecule has 0 spiro atoms. The third-order valence-electron chi connectivity index (χ3n) is 11.7. The van der Waals surface area contributed by atoms with Gasteiger partial charge in [0.05, 0.1) is 0 Å². The molecule has 10 rings (SSSR count). The van der Waals surface area contributed by atoms with Gasteiger partial charge in [-0.1, -0.05) is 178 Å². The van der Waals surface area contributed by atoms with Crippen LogP contribution in [0.4, 0.5) is 17.1 Å². The van der Waals surface area contributed by atoms with E-state index in [-0.39, 0.29) is 5.41 Å². The van der Waals surface area contributed by atoms with Crippen molar-refractivity contribution in [3.63, 3.8) is 0 Å². The van der Waals surface area contributed by atoms with Crippen molar-refractivity contribution in [2.45, 2.75) is 19.3 Å². The molecule has 0 heterocycles. The molecule has 0 unspecified atom stereocenters. The van der Waals surface area contributed by atoms with Crippen molar-refractivity contribution in [1.82, 2.24) is 0 Å². The largest absolute Gasteiger partial charge is 0.310 e. The van der Waals surface area contributed by atoms with Crippen LogP contribution >= 0.6 is 0 Å². The molecule has 0 radical (unpaired) electrons. The minimum Gasteiger partial charge on any atom is -0.310 e. The maximum atomic E-state index is 2.42. The first kappa shape index (κ1) is 33.6. The van der Waals surface area contributed by atoms with Gasteiger partial charge in [-0.2, -0.15) is 0 Å². The quantitative estimate of drug-likeness (QED) is 0.159. The zero-order valence-corrected chi connectivity index (χ0v) is 31.7. The smallest absolute Gasteiger partial charge is 0.0465 e. The Morgan fingerprint density at radius 3 is 1.30 bits per heavy atom. The Bertz CT molecular complexity index is 2830. The molecule has 0 saturated carbocycles. The summed E-state index contributed by atoms with van der Waals surface area (Å²) in [7, 11) is 0. The Morgan fingerprint density at radius 1 is 0.286 bits per heavy atom. The fourth-order valence-corrected chi connectivity index (χ4v) is 8.58. The molecule has 0 atom stereocenters. The molecule has 0 amide bonds. The molecule has 0 saturated heterocycles. The van der Waals surface area contributed by atoms with Crippen LogP contribution in [0.15, 0.2) is 212 Å². The summed E-state index contributed by atoms with van der Waals surface area (Å²) in [5, 5.41) is 2.52. The highest BCUT2D eigenvalue weighted by Gasteiger charge is 2.36. The van der Waals surface area contributed by atoms with E-state index >= 15 is 0 Å². The molecular weight excluding hydrogens is 675 g/mol. The molecule has 1 aliphatic carbocycles. The minimum atomic E-state index is -0.167. The Kier molecular flexibility index (Phi) is 8.23. The summed E-state index contributed by atoms with van der Waals surface area (Å²) in [6.07, 6.45) is 0. The summed E-state index contributed by atoms with van der Waals surface area (Å²) in [6, 6.07) is 77.5. The minimum absolute atomic E-state index is 0.167. The lowest BCUT2D eigenvalue weighted by molar-refractivity contribution is 0.660. The molecule has 9 aromatic rings. The van der Waals surface area contributed by atoms with Crippen LogP contribution < -0.4 is 4.90 Å². The molecule has 0 fully saturated rings. The van der Waals surface area contributed by atoms with Gasteiger partial charge in [0, 0.05) is 22.5 Å². The summed E-state index contributed by atoms with van der Waals surface area (Å²) in [5.74, 6) is 0. The predicted molar refractivity (Wildman–Crippen MR) is 238 cm³/mol. The summed E-state index contributed by atoms with van der Waals surface area (Å²) >= 11 is 0. The molecule has 0 aromatic heterocycles. The van der Waals surface area contributed by atoms with E-state index in [9.17, 15) is 0 Å². The molecule has 0 bridgehead atoms. The Hall–Kier alpha value is -6.96. The monoisotopic (exact) mass is 715 g/mol. The lowest BCUT2D eigenvalue weighted by atomic mass is 9.81. The number of rotatable bonds is 7. The van der Waals surface area contributed by atoms with Crippen LogP contribution in [0.5, 0.6) is 0 Å². The van der Waals surface area contributed by atoms with Gasteiger partial charge in [-0.15, -0.1) is 0 Å². The third-order valence-corrected chi connectivity index (χ3v) is 11.7. The molecule has 9 aromatic carbocycles. The van der Waals surface area contributed by atoms with Gasteiger partial charge in [-0.3, -0.25) is 0 Å². The molecule has 1 nitrogen and oxygen atoms in total. The predicted octanol–water partition coefficient (Wildman–Crippen LogP) is 15.3. The van der Waals surface area contributed by atoms with Gasteiger partial charge >= 0.3 is 0 Å². The van der Waals surface area contributed by atoms with Crippen molar-refractivity contribution < 1.29 is 0 Å². The maximum absolute atomic E-state index is 2.42. The highest BCUT2D eigenvalue weighted by atomic mass is 15.1. The van der Waals surface area contributed by atoms with Gasteiger partial charge in [-0.05, 0) is 126 Å². The van der Waals surface area contributed by atoms with Crippen LogP contribution in [0.3, 0.4) is 0 Å². The standard InChI is InChI=1S/C55H41N/c1-55(2)53-36-47(43-23-21-42(22-24-43)41-19-17-40(18-20-41)38-11-5-3-6-12-38)29-33-51(53)52-34-32-50(37-54(52)55)56(48-15-7-4-8-16-48)49-30-27-44(28-31-49)46-26-25-39-13-9-10-14-45(39)35-46/h3-37H,1-2H3. The molecule has 56 heavy (non-hydrogen) atoms. The SMILES string of the molecule is CC1(C)c2cc(-c3ccc(-c4ccc(-c5ccccc5)cc4)cc3)ccc2-c2ccc(N(c3ccccc3)c3ccc(-c4ccc5ccccc5c4)cc3)cc21. The highest BCUT2D eigenvalue weighted by molar-refractivity contribution is 5.89. The lowest BCUT2D eigenvalue weighted by Crippen LogP contribution is -2.16. The average Bonchev–Trinajstić information content (AvgIpc) is 3.49. The summed E-state index contributed by atoms with van der Waals surface area (Å²) < 4.78 is 0. The van der Waals surface area contributed by atoms with Crippen LogP contribution in [0.25, 0.3) is 66.4 Å². The summed E-state index contributed by atoms with van der Waals surface area (Å²) in [5.41, 5.74) is 18.4. The Morgan fingerprint density at radius 2 is 0.679 bits per heavy atom. The summed E-state index contributed by atoms with van der Waals surface area (Å²) in [4.78, 5) is 2.38. The van der Waals surface area contributed by atoms with Crippen molar-refractivity contribution >= 4 is 27.8 Å². The van der Waals surface area contributed by atoms with Crippen molar-refractivity contribution in [2.75, 3.05) is 4.90 Å². The number of anilines is 3. The van der Waals surface area contributed by atoms with E-state index in [4.69, 9.17) is 0 Å². The molecule has 1 aliphatic rings. The normalized spacial score (nSPS) is 12.6. The highest BCUT2D eigenvalue weighted by Crippen LogP contribution is 2.51. The molecule has 266 valence electrons. The zero-order valence-electron chi connectivity index (χ0n) is 31.7. The number of para-hydroxylation sites is 1. The molecule has 1 heteroatoms. The van der Waals surface area contributed by atoms with Gasteiger partial charge in [0.1, 0.15) is 0 Å². The van der Waals surface area contributed by atoms with Crippen LogP contribution in [-0.4, -0.2) is 0 Å². The van der Waals surface area contributed by atoms with Crippen LogP contribution in [0.2, 0.25) is 0 Å². The van der Waals surface area contributed by atoms with Gasteiger partial charge in [0.25, 0.3) is 0 Å². The van der Waals surface area contributed by atoms with Crippen molar-refractivity contribution in [3.05, 3.63) is 223 Å². The Balaban J connectivity index is 0.946. The topological polar surface area (TPSA) is 3.24 Å². The average molecular weight is 716 g/mol. The fraction of sp³-hybridized carbons (Fsp3) is 0.0545. The second-order valence-corrected chi connectivity index (χ2v) is 15.4. The van der Waals surface area contributed by atoms with Gasteiger partial charge < -0.3 is 4.90 Å². The first-order valence-electron chi connectivity index (χ1n) is 19.5. The first-order valence-corrected chi connectivity index (χ1v) is 19.5. The third kappa shape index (κ3) is 5.99. The zero-order chi connectivity index (χ0) is 37.6. The lowest BCUT2D eigenvalue weighted by Gasteiger charge is -2.28. The van der Waals surface area contributed by atoms with E-state index in [1.807, 2.05) is 0 Å². The second-order valence-electron chi connectivity index (χ2n) is 15.4.